The van der Waals surface area contributed by atoms with E-state index in [-0.39, 0.29) is 0 Å². The van der Waals surface area contributed by atoms with Gasteiger partial charge in [-0.15, -0.1) is 11.3 Å². The molecule has 0 spiro atoms. The summed E-state index contributed by atoms with van der Waals surface area (Å²) < 4.78 is 0. The Hall–Kier alpha value is -2.24. The molecule has 22 heavy (non-hydrogen) atoms. The summed E-state index contributed by atoms with van der Waals surface area (Å²) in [5.41, 5.74) is 4.67. The number of rotatable bonds is 6. The molecular weight excluding hydrogens is 292 g/mol. The molecular formula is C17H18N4S. The van der Waals surface area contributed by atoms with E-state index in [1.54, 1.807) is 11.3 Å². The van der Waals surface area contributed by atoms with E-state index < -0.39 is 0 Å². The molecule has 0 amide bonds. The van der Waals surface area contributed by atoms with Crippen molar-refractivity contribution in [2.75, 3.05) is 12.4 Å². The van der Waals surface area contributed by atoms with Gasteiger partial charge in [-0.3, -0.25) is 4.98 Å². The molecule has 0 aliphatic carbocycles. The van der Waals surface area contributed by atoms with Crippen molar-refractivity contribution in [3.63, 3.8) is 0 Å². The molecule has 3 aromatic rings. The molecule has 2 aromatic heterocycles. The van der Waals surface area contributed by atoms with Gasteiger partial charge in [0.05, 0.1) is 5.69 Å². The number of hydrogen-bond acceptors (Lipinski definition) is 5. The molecule has 0 fully saturated rings. The van der Waals surface area contributed by atoms with Crippen LogP contribution in [0.15, 0.2) is 54.2 Å². The summed E-state index contributed by atoms with van der Waals surface area (Å²) in [6.45, 7) is 0.795. The highest BCUT2D eigenvalue weighted by Gasteiger charge is 2.02. The van der Waals surface area contributed by atoms with E-state index >= 15 is 0 Å². The van der Waals surface area contributed by atoms with Crippen molar-refractivity contribution in [2.24, 2.45) is 0 Å². The molecule has 0 saturated carbocycles. The zero-order valence-corrected chi connectivity index (χ0v) is 13.2. The van der Waals surface area contributed by atoms with Crippen LogP contribution >= 0.6 is 11.3 Å². The fraction of sp³-hybridized carbons (Fsp3) is 0.176. The largest absolute Gasteiger partial charge is 0.332 e. The van der Waals surface area contributed by atoms with Gasteiger partial charge in [-0.25, -0.2) is 4.98 Å². The van der Waals surface area contributed by atoms with Gasteiger partial charge in [0, 0.05) is 30.0 Å². The normalized spacial score (nSPS) is 10.6. The first-order valence-electron chi connectivity index (χ1n) is 7.17. The van der Waals surface area contributed by atoms with Crippen LogP contribution in [-0.4, -0.2) is 17.0 Å². The van der Waals surface area contributed by atoms with Crippen LogP contribution in [0.2, 0.25) is 0 Å². The van der Waals surface area contributed by atoms with Gasteiger partial charge in [0.1, 0.15) is 0 Å². The van der Waals surface area contributed by atoms with Crippen molar-refractivity contribution in [1.29, 1.82) is 0 Å². The van der Waals surface area contributed by atoms with Crippen molar-refractivity contribution >= 4 is 22.2 Å². The van der Waals surface area contributed by atoms with Crippen molar-refractivity contribution < 1.29 is 0 Å². The maximum absolute atomic E-state index is 4.52. The first kappa shape index (κ1) is 14.7. The molecule has 3 rings (SSSR count). The number of thiazole rings is 1. The van der Waals surface area contributed by atoms with Crippen LogP contribution in [0.1, 0.15) is 16.8 Å². The van der Waals surface area contributed by atoms with Gasteiger partial charge in [0.15, 0.2) is 5.13 Å². The third-order valence-corrected chi connectivity index (χ3v) is 4.08. The molecule has 4 nitrogen and oxygen atoms in total. The van der Waals surface area contributed by atoms with Crippen LogP contribution in [0.4, 0.5) is 10.8 Å². The molecule has 0 atom stereocenters. The maximum atomic E-state index is 4.52. The zero-order valence-electron chi connectivity index (χ0n) is 12.4. The van der Waals surface area contributed by atoms with Gasteiger partial charge in [-0.2, -0.15) is 0 Å². The minimum Gasteiger partial charge on any atom is -0.332 e. The lowest BCUT2D eigenvalue weighted by Gasteiger charge is -2.05. The Morgan fingerprint density at radius 1 is 1.00 bits per heavy atom. The third kappa shape index (κ3) is 3.90. The average Bonchev–Trinajstić information content (AvgIpc) is 2.98. The highest BCUT2D eigenvalue weighted by atomic mass is 32.1. The van der Waals surface area contributed by atoms with Gasteiger partial charge in [0.2, 0.25) is 0 Å². The van der Waals surface area contributed by atoms with Gasteiger partial charge in [0.25, 0.3) is 0 Å². The second-order valence-electron chi connectivity index (χ2n) is 5.03. The molecule has 112 valence electrons. The number of benzene rings is 1. The Labute approximate surface area is 134 Å². The second-order valence-corrected chi connectivity index (χ2v) is 5.89. The Balaban J connectivity index is 1.63. The van der Waals surface area contributed by atoms with Gasteiger partial charge in [-0.05, 0) is 48.9 Å². The van der Waals surface area contributed by atoms with Crippen molar-refractivity contribution in [2.45, 2.75) is 13.0 Å². The zero-order chi connectivity index (χ0) is 15.2. The predicted molar refractivity (Wildman–Crippen MR) is 91.6 cm³/mol. The number of nitrogens with zero attached hydrogens (tertiary/aromatic N) is 2. The smallest absolute Gasteiger partial charge is 0.187 e. The quantitative estimate of drug-likeness (QED) is 0.730. The third-order valence-electron chi connectivity index (χ3n) is 3.27. The number of nitrogens with one attached hydrogen (secondary N) is 2. The predicted octanol–water partition coefficient (Wildman–Crippen LogP) is 3.59. The van der Waals surface area contributed by atoms with Crippen LogP contribution in [-0.2, 0) is 13.0 Å². The molecule has 0 radical (unpaired) electrons. The first-order chi connectivity index (χ1) is 10.8. The summed E-state index contributed by atoms with van der Waals surface area (Å²) in [5, 5.41) is 9.44. The molecule has 1 aromatic carbocycles. The molecule has 0 saturated heterocycles. The summed E-state index contributed by atoms with van der Waals surface area (Å²) in [5.74, 6) is 0. The van der Waals surface area contributed by atoms with Crippen LogP contribution in [0, 0.1) is 0 Å². The lowest BCUT2D eigenvalue weighted by Crippen LogP contribution is -2.05. The number of pyridine rings is 1. The molecule has 5 heteroatoms. The summed E-state index contributed by atoms with van der Waals surface area (Å²) in [6.07, 6.45) is 4.58. The van der Waals surface area contributed by atoms with Crippen molar-refractivity contribution in [3.8, 4) is 0 Å². The van der Waals surface area contributed by atoms with Crippen LogP contribution in [0.3, 0.4) is 0 Å². The number of aromatic nitrogens is 2. The Bertz CT molecular complexity index is 707. The van der Waals surface area contributed by atoms with E-state index in [1.165, 1.54) is 11.1 Å². The van der Waals surface area contributed by atoms with Crippen LogP contribution < -0.4 is 10.6 Å². The summed E-state index contributed by atoms with van der Waals surface area (Å²) >= 11 is 1.62. The topological polar surface area (TPSA) is 49.8 Å². The van der Waals surface area contributed by atoms with E-state index in [0.717, 1.165) is 29.5 Å². The fourth-order valence-corrected chi connectivity index (χ4v) is 2.92. The summed E-state index contributed by atoms with van der Waals surface area (Å²) in [6, 6.07) is 12.6. The highest BCUT2D eigenvalue weighted by Crippen LogP contribution is 2.21. The Kier molecular flexibility index (Phi) is 4.78. The lowest BCUT2D eigenvalue weighted by atomic mass is 10.1. The molecule has 0 unspecified atom stereocenters. The monoisotopic (exact) mass is 310 g/mol. The highest BCUT2D eigenvalue weighted by molar-refractivity contribution is 7.13. The van der Waals surface area contributed by atoms with E-state index in [1.807, 2.05) is 31.6 Å². The summed E-state index contributed by atoms with van der Waals surface area (Å²) in [7, 11) is 1.92. The number of anilines is 2. The number of hydrogen-bond donors (Lipinski definition) is 2. The molecule has 2 N–H and O–H groups in total. The average molecular weight is 310 g/mol. The molecule has 0 aliphatic rings. The lowest BCUT2D eigenvalue weighted by molar-refractivity contribution is 0.798. The van der Waals surface area contributed by atoms with E-state index in [0.29, 0.717) is 0 Å². The molecule has 0 aliphatic heterocycles. The first-order valence-corrected chi connectivity index (χ1v) is 8.05. The second kappa shape index (κ2) is 7.15. The molecule has 2 heterocycles. The Morgan fingerprint density at radius 2 is 1.73 bits per heavy atom. The SMILES string of the molecule is CNCc1csc(Nc2ccc(Cc3ccncc3)cc2)n1. The Morgan fingerprint density at radius 3 is 2.45 bits per heavy atom. The van der Waals surface area contributed by atoms with Crippen molar-refractivity contribution in [1.82, 2.24) is 15.3 Å². The standard InChI is InChI=1S/C17H18N4S/c1-18-11-16-12-22-17(21-16)20-15-4-2-13(3-5-15)10-14-6-8-19-9-7-14/h2-9,12,18H,10-11H2,1H3,(H,20,21). The van der Waals surface area contributed by atoms with Crippen LogP contribution in [0.25, 0.3) is 0 Å². The van der Waals surface area contributed by atoms with Gasteiger partial charge in [-0.1, -0.05) is 12.1 Å². The molecule has 0 bridgehead atoms. The van der Waals surface area contributed by atoms with E-state index in [4.69, 9.17) is 0 Å². The van der Waals surface area contributed by atoms with E-state index in [9.17, 15) is 0 Å². The van der Waals surface area contributed by atoms with Crippen molar-refractivity contribution in [3.05, 3.63) is 71.0 Å². The fourth-order valence-electron chi connectivity index (χ4n) is 2.19. The minimum atomic E-state index is 0.795. The summed E-state index contributed by atoms with van der Waals surface area (Å²) in [4.78, 5) is 8.57. The van der Waals surface area contributed by atoms with Gasteiger partial charge < -0.3 is 10.6 Å². The minimum absolute atomic E-state index is 0.795. The van der Waals surface area contributed by atoms with Crippen LogP contribution in [0.5, 0.6) is 0 Å². The maximum Gasteiger partial charge on any atom is 0.187 e. The van der Waals surface area contributed by atoms with Gasteiger partial charge >= 0.3 is 0 Å². The van der Waals surface area contributed by atoms with E-state index in [2.05, 4.69) is 50.2 Å².